The molecule has 0 amide bonds. The van der Waals surface area contributed by atoms with Crippen molar-refractivity contribution < 1.29 is 9.90 Å². The third kappa shape index (κ3) is 3.88. The first-order chi connectivity index (χ1) is 11.1. The number of rotatable bonds is 5. The lowest BCUT2D eigenvalue weighted by atomic mass is 9.80. The number of anilines is 1. The number of carboxylic acid groups (broad SMARTS) is 1. The van der Waals surface area contributed by atoms with Crippen LogP contribution in [0, 0.1) is 11.8 Å². The molecule has 0 aromatic carbocycles. The van der Waals surface area contributed by atoms with Crippen molar-refractivity contribution in [3.8, 4) is 0 Å². The summed E-state index contributed by atoms with van der Waals surface area (Å²) in [7, 11) is 0. The second kappa shape index (κ2) is 6.81. The summed E-state index contributed by atoms with van der Waals surface area (Å²) in [6, 6.07) is 6.99. The topological polar surface area (TPSA) is 83.7 Å². The van der Waals surface area contributed by atoms with Gasteiger partial charge in [0, 0.05) is 25.2 Å². The predicted molar refractivity (Wildman–Crippen MR) is 87.7 cm³/mol. The molecule has 1 aliphatic rings. The van der Waals surface area contributed by atoms with E-state index in [9.17, 15) is 9.59 Å². The van der Waals surface area contributed by atoms with Crippen molar-refractivity contribution in [1.82, 2.24) is 9.38 Å². The van der Waals surface area contributed by atoms with Crippen LogP contribution >= 0.6 is 0 Å². The monoisotopic (exact) mass is 315 g/mol. The molecule has 3 rings (SSSR count). The number of nitrogens with zero attached hydrogens (tertiary/aromatic N) is 2. The SMILES string of the molecule is O=C(O)CC1CCC(CNc2cc(=O)n3ccccc3n2)CC1. The standard InChI is InChI=1S/C17H21N3O3/c21-16-10-14(19-15-3-1-2-8-20(15)16)18-11-13-6-4-12(5-7-13)9-17(22)23/h1-3,8,10,12-13,18H,4-7,9,11H2,(H,22,23). The number of hydrogen-bond acceptors (Lipinski definition) is 4. The van der Waals surface area contributed by atoms with Crippen molar-refractivity contribution >= 4 is 17.4 Å². The molecule has 6 nitrogen and oxygen atoms in total. The van der Waals surface area contributed by atoms with Gasteiger partial charge in [-0.05, 0) is 49.7 Å². The van der Waals surface area contributed by atoms with Gasteiger partial charge in [-0.3, -0.25) is 14.0 Å². The van der Waals surface area contributed by atoms with Crippen molar-refractivity contribution in [1.29, 1.82) is 0 Å². The Morgan fingerprint density at radius 1 is 1.26 bits per heavy atom. The highest BCUT2D eigenvalue weighted by molar-refractivity contribution is 5.67. The lowest BCUT2D eigenvalue weighted by Crippen LogP contribution is -2.23. The molecule has 0 saturated heterocycles. The molecule has 0 spiro atoms. The Morgan fingerprint density at radius 2 is 2.00 bits per heavy atom. The first-order valence-corrected chi connectivity index (χ1v) is 8.06. The minimum atomic E-state index is -0.701. The lowest BCUT2D eigenvalue weighted by molar-refractivity contribution is -0.138. The van der Waals surface area contributed by atoms with E-state index in [2.05, 4.69) is 10.3 Å². The number of hydrogen-bond donors (Lipinski definition) is 2. The Bertz CT molecular complexity index is 748. The number of fused-ring (bicyclic) bond motifs is 1. The summed E-state index contributed by atoms with van der Waals surface area (Å²) in [5.74, 6) is 0.726. The van der Waals surface area contributed by atoms with E-state index in [0.717, 1.165) is 32.2 Å². The van der Waals surface area contributed by atoms with E-state index >= 15 is 0 Å². The van der Waals surface area contributed by atoms with Gasteiger partial charge < -0.3 is 10.4 Å². The molecule has 2 N–H and O–H groups in total. The summed E-state index contributed by atoms with van der Waals surface area (Å²) in [5.41, 5.74) is 0.538. The van der Waals surface area contributed by atoms with Crippen LogP contribution in [0.5, 0.6) is 0 Å². The van der Waals surface area contributed by atoms with Gasteiger partial charge in [0.2, 0.25) is 0 Å². The van der Waals surface area contributed by atoms with Gasteiger partial charge in [0.1, 0.15) is 11.5 Å². The van der Waals surface area contributed by atoms with Crippen LogP contribution in [0.2, 0.25) is 0 Å². The Labute approximate surface area is 134 Å². The smallest absolute Gasteiger partial charge is 0.303 e. The number of aliphatic carboxylic acids is 1. The van der Waals surface area contributed by atoms with Crippen LogP contribution in [0.3, 0.4) is 0 Å². The summed E-state index contributed by atoms with van der Waals surface area (Å²) < 4.78 is 1.52. The van der Waals surface area contributed by atoms with Crippen molar-refractivity contribution in [2.24, 2.45) is 11.8 Å². The Kier molecular flexibility index (Phi) is 4.60. The number of nitrogens with one attached hydrogen (secondary N) is 1. The zero-order valence-corrected chi connectivity index (χ0v) is 12.9. The van der Waals surface area contributed by atoms with E-state index in [0.29, 0.717) is 23.3 Å². The summed E-state index contributed by atoms with van der Waals surface area (Å²) in [5, 5.41) is 12.1. The Hall–Kier alpha value is -2.37. The van der Waals surface area contributed by atoms with E-state index in [1.807, 2.05) is 12.1 Å². The van der Waals surface area contributed by atoms with Gasteiger partial charge in [-0.1, -0.05) is 6.07 Å². The fourth-order valence-electron chi connectivity index (χ4n) is 3.28. The zero-order chi connectivity index (χ0) is 16.2. The highest BCUT2D eigenvalue weighted by atomic mass is 16.4. The molecular formula is C17H21N3O3. The first kappa shape index (κ1) is 15.5. The number of carboxylic acids is 1. The van der Waals surface area contributed by atoms with Gasteiger partial charge in [0.25, 0.3) is 5.56 Å². The molecule has 0 bridgehead atoms. The van der Waals surface area contributed by atoms with Gasteiger partial charge in [-0.25, -0.2) is 4.98 Å². The molecule has 0 unspecified atom stereocenters. The van der Waals surface area contributed by atoms with Gasteiger partial charge >= 0.3 is 5.97 Å². The maximum absolute atomic E-state index is 12.0. The average molecular weight is 315 g/mol. The van der Waals surface area contributed by atoms with E-state index in [1.165, 1.54) is 10.5 Å². The fourth-order valence-corrected chi connectivity index (χ4v) is 3.28. The highest BCUT2D eigenvalue weighted by Gasteiger charge is 2.22. The minimum absolute atomic E-state index is 0.0942. The van der Waals surface area contributed by atoms with Crippen LogP contribution < -0.4 is 10.9 Å². The molecule has 6 heteroatoms. The quantitative estimate of drug-likeness (QED) is 0.885. The first-order valence-electron chi connectivity index (χ1n) is 8.06. The summed E-state index contributed by atoms with van der Waals surface area (Å²) >= 11 is 0. The van der Waals surface area contributed by atoms with Crippen LogP contribution in [-0.4, -0.2) is 27.0 Å². The summed E-state index contributed by atoms with van der Waals surface area (Å²) in [6.45, 7) is 0.773. The van der Waals surface area contributed by atoms with Crippen molar-refractivity contribution in [3.05, 3.63) is 40.8 Å². The number of carbonyl (C=O) groups is 1. The maximum atomic E-state index is 12.0. The second-order valence-electron chi connectivity index (χ2n) is 6.27. The lowest BCUT2D eigenvalue weighted by Gasteiger charge is -2.27. The Balaban J connectivity index is 1.57. The average Bonchev–Trinajstić information content (AvgIpc) is 2.54. The molecule has 1 aliphatic carbocycles. The Morgan fingerprint density at radius 3 is 2.74 bits per heavy atom. The highest BCUT2D eigenvalue weighted by Crippen LogP contribution is 2.30. The molecule has 1 fully saturated rings. The molecular weight excluding hydrogens is 294 g/mol. The van der Waals surface area contributed by atoms with Crippen LogP contribution in [0.1, 0.15) is 32.1 Å². The molecule has 2 aromatic heterocycles. The molecule has 2 aromatic rings. The normalized spacial score (nSPS) is 21.2. The van der Waals surface area contributed by atoms with Crippen molar-refractivity contribution in [3.63, 3.8) is 0 Å². The molecule has 23 heavy (non-hydrogen) atoms. The van der Waals surface area contributed by atoms with Crippen LogP contribution in [0.15, 0.2) is 35.3 Å². The van der Waals surface area contributed by atoms with Gasteiger partial charge in [-0.2, -0.15) is 0 Å². The summed E-state index contributed by atoms with van der Waals surface area (Å²) in [6.07, 6.45) is 5.97. The summed E-state index contributed by atoms with van der Waals surface area (Å²) in [4.78, 5) is 27.2. The fraction of sp³-hybridized carbons (Fsp3) is 0.471. The largest absolute Gasteiger partial charge is 0.481 e. The van der Waals surface area contributed by atoms with Crippen molar-refractivity contribution in [2.45, 2.75) is 32.1 Å². The van der Waals surface area contributed by atoms with Gasteiger partial charge in [0.15, 0.2) is 0 Å². The van der Waals surface area contributed by atoms with Crippen LogP contribution in [-0.2, 0) is 4.79 Å². The van der Waals surface area contributed by atoms with E-state index < -0.39 is 5.97 Å². The predicted octanol–water partition coefficient (Wildman–Crippen LogP) is 2.39. The molecule has 0 radical (unpaired) electrons. The molecule has 122 valence electrons. The van der Waals surface area contributed by atoms with Crippen molar-refractivity contribution in [2.75, 3.05) is 11.9 Å². The van der Waals surface area contributed by atoms with E-state index in [4.69, 9.17) is 5.11 Å². The zero-order valence-electron chi connectivity index (χ0n) is 12.9. The third-order valence-electron chi connectivity index (χ3n) is 4.57. The number of pyridine rings is 1. The van der Waals surface area contributed by atoms with E-state index in [-0.39, 0.29) is 12.0 Å². The molecule has 0 aliphatic heterocycles. The minimum Gasteiger partial charge on any atom is -0.481 e. The van der Waals surface area contributed by atoms with Crippen LogP contribution in [0.4, 0.5) is 5.82 Å². The molecule has 2 heterocycles. The second-order valence-corrected chi connectivity index (χ2v) is 6.27. The number of aromatic nitrogens is 2. The van der Waals surface area contributed by atoms with E-state index in [1.54, 1.807) is 12.3 Å². The van der Waals surface area contributed by atoms with Crippen LogP contribution in [0.25, 0.3) is 5.65 Å². The third-order valence-corrected chi connectivity index (χ3v) is 4.57. The van der Waals surface area contributed by atoms with Gasteiger partial charge in [0.05, 0.1) is 0 Å². The molecule has 0 atom stereocenters. The van der Waals surface area contributed by atoms with Gasteiger partial charge in [-0.15, -0.1) is 0 Å². The molecule has 1 saturated carbocycles. The maximum Gasteiger partial charge on any atom is 0.303 e.